The van der Waals surface area contributed by atoms with Gasteiger partial charge in [-0.15, -0.1) is 0 Å². The van der Waals surface area contributed by atoms with E-state index in [0.717, 1.165) is 12.1 Å². The van der Waals surface area contributed by atoms with E-state index in [4.69, 9.17) is 0 Å². The van der Waals surface area contributed by atoms with Gasteiger partial charge in [-0.2, -0.15) is 0 Å². The monoisotopic (exact) mass is 323 g/mol. The van der Waals surface area contributed by atoms with Gasteiger partial charge in [-0.25, -0.2) is 8.42 Å². The molecule has 0 heterocycles. The fourth-order valence-corrected chi connectivity index (χ4v) is 2.77. The molecule has 10 heteroatoms. The lowest BCUT2D eigenvalue weighted by Gasteiger charge is -2.08. The number of non-ortho nitro benzene ring substituents is 1. The van der Waals surface area contributed by atoms with Crippen LogP contribution in [0.5, 0.6) is 0 Å². The number of rotatable bonds is 5. The first-order chi connectivity index (χ1) is 10.3. The number of anilines is 1. The molecule has 0 radical (unpaired) electrons. The Bertz CT molecular complexity index is 835. The van der Waals surface area contributed by atoms with Crippen molar-refractivity contribution in [2.24, 2.45) is 0 Å². The highest BCUT2D eigenvalue weighted by Gasteiger charge is 2.23. The normalized spacial score (nSPS) is 10.9. The molecule has 9 nitrogen and oxygen atoms in total. The topological polar surface area (TPSA) is 132 Å². The van der Waals surface area contributed by atoms with Gasteiger partial charge in [0, 0.05) is 6.07 Å². The summed E-state index contributed by atoms with van der Waals surface area (Å²) in [6, 6.07) is 9.92. The molecule has 2 rings (SSSR count). The van der Waals surface area contributed by atoms with Crippen molar-refractivity contribution < 1.29 is 18.3 Å². The molecule has 0 saturated carbocycles. The van der Waals surface area contributed by atoms with E-state index in [-0.39, 0.29) is 10.6 Å². The summed E-state index contributed by atoms with van der Waals surface area (Å²) < 4.78 is 26.3. The Morgan fingerprint density at radius 3 is 2.09 bits per heavy atom. The molecule has 0 atom stereocenters. The molecule has 0 aliphatic carbocycles. The molecular formula is C12H9N3O6S. The molecule has 22 heavy (non-hydrogen) atoms. The van der Waals surface area contributed by atoms with Gasteiger partial charge in [0.05, 0.1) is 20.8 Å². The minimum absolute atomic E-state index is 0.0809. The highest BCUT2D eigenvalue weighted by Crippen LogP contribution is 2.30. The van der Waals surface area contributed by atoms with Crippen LogP contribution in [0.4, 0.5) is 17.1 Å². The summed E-state index contributed by atoms with van der Waals surface area (Å²) in [5, 5.41) is 21.6. The van der Waals surface area contributed by atoms with Crippen LogP contribution in [-0.4, -0.2) is 18.3 Å². The highest BCUT2D eigenvalue weighted by atomic mass is 32.2. The van der Waals surface area contributed by atoms with E-state index < -0.39 is 31.2 Å². The first-order valence-electron chi connectivity index (χ1n) is 5.82. The summed E-state index contributed by atoms with van der Waals surface area (Å²) in [5.74, 6) is 0. The van der Waals surface area contributed by atoms with Crippen LogP contribution in [0, 0.1) is 20.2 Å². The van der Waals surface area contributed by atoms with Gasteiger partial charge in [0.15, 0.2) is 0 Å². The van der Waals surface area contributed by atoms with Crippen LogP contribution < -0.4 is 4.72 Å². The van der Waals surface area contributed by atoms with Crippen molar-refractivity contribution in [3.05, 3.63) is 68.8 Å². The van der Waals surface area contributed by atoms with E-state index in [9.17, 15) is 28.6 Å². The zero-order valence-corrected chi connectivity index (χ0v) is 11.7. The predicted molar refractivity (Wildman–Crippen MR) is 77.0 cm³/mol. The Balaban J connectivity index is 2.45. The lowest BCUT2D eigenvalue weighted by molar-refractivity contribution is -0.393. The molecule has 0 aromatic heterocycles. The number of nitrogens with zero attached hydrogens (tertiary/aromatic N) is 2. The summed E-state index contributed by atoms with van der Waals surface area (Å²) in [5.41, 5.74) is -1.55. The van der Waals surface area contributed by atoms with Gasteiger partial charge in [0.2, 0.25) is 0 Å². The number of hydrogen-bond donors (Lipinski definition) is 1. The molecule has 0 fully saturated rings. The van der Waals surface area contributed by atoms with Gasteiger partial charge in [-0.05, 0) is 18.2 Å². The first kappa shape index (κ1) is 15.4. The second-order valence-corrected chi connectivity index (χ2v) is 5.82. The zero-order valence-electron chi connectivity index (χ0n) is 10.9. The van der Waals surface area contributed by atoms with Gasteiger partial charge >= 0.3 is 0 Å². The number of nitrogens with one attached hydrogen (secondary N) is 1. The van der Waals surface area contributed by atoms with Crippen molar-refractivity contribution >= 4 is 27.1 Å². The lowest BCUT2D eigenvalue weighted by Crippen LogP contribution is -2.14. The van der Waals surface area contributed by atoms with Gasteiger partial charge in [-0.1, -0.05) is 18.2 Å². The summed E-state index contributed by atoms with van der Waals surface area (Å²) in [4.78, 5) is 19.8. The number of sulfonamides is 1. The lowest BCUT2D eigenvalue weighted by atomic mass is 10.2. The molecule has 0 spiro atoms. The van der Waals surface area contributed by atoms with Gasteiger partial charge < -0.3 is 0 Å². The maximum absolute atomic E-state index is 12.1. The largest absolute Gasteiger partial charge is 0.300 e. The number of benzene rings is 2. The third kappa shape index (κ3) is 3.17. The predicted octanol–water partition coefficient (Wildman–Crippen LogP) is 2.30. The number of nitro groups is 2. The maximum atomic E-state index is 12.1. The Labute approximate surface area is 124 Å². The van der Waals surface area contributed by atoms with Crippen LogP contribution in [0.3, 0.4) is 0 Å². The number of nitro benzene ring substituents is 2. The number of hydrogen-bond acceptors (Lipinski definition) is 6. The van der Waals surface area contributed by atoms with E-state index >= 15 is 0 Å². The van der Waals surface area contributed by atoms with Crippen LogP contribution in [0.25, 0.3) is 0 Å². The van der Waals surface area contributed by atoms with Crippen molar-refractivity contribution in [1.29, 1.82) is 0 Å². The average Bonchev–Trinajstić information content (AvgIpc) is 2.47. The molecule has 0 saturated heterocycles. The first-order valence-corrected chi connectivity index (χ1v) is 7.30. The van der Waals surface area contributed by atoms with Crippen LogP contribution >= 0.6 is 0 Å². The summed E-state index contributed by atoms with van der Waals surface area (Å²) in [6.07, 6.45) is 0. The summed E-state index contributed by atoms with van der Waals surface area (Å²) >= 11 is 0. The fraction of sp³-hybridized carbons (Fsp3) is 0. The molecule has 0 aliphatic heterocycles. The average molecular weight is 323 g/mol. The van der Waals surface area contributed by atoms with Crippen molar-refractivity contribution in [3.63, 3.8) is 0 Å². The van der Waals surface area contributed by atoms with Crippen molar-refractivity contribution in [3.8, 4) is 0 Å². The van der Waals surface area contributed by atoms with Gasteiger partial charge in [0.1, 0.15) is 5.69 Å². The van der Waals surface area contributed by atoms with E-state index in [1.54, 1.807) is 6.07 Å². The van der Waals surface area contributed by atoms with Gasteiger partial charge in [0.25, 0.3) is 21.4 Å². The Morgan fingerprint density at radius 1 is 0.909 bits per heavy atom. The molecule has 0 amide bonds. The van der Waals surface area contributed by atoms with E-state index in [0.29, 0.717) is 6.07 Å². The minimum Gasteiger partial charge on any atom is -0.273 e. The second kappa shape index (κ2) is 5.77. The quantitative estimate of drug-likeness (QED) is 0.663. The minimum atomic E-state index is -4.03. The van der Waals surface area contributed by atoms with Crippen LogP contribution in [0.1, 0.15) is 0 Å². The molecule has 0 unspecified atom stereocenters. The molecule has 2 aromatic carbocycles. The Hall–Kier alpha value is -3.01. The van der Waals surface area contributed by atoms with E-state index in [1.165, 1.54) is 24.3 Å². The molecule has 114 valence electrons. The van der Waals surface area contributed by atoms with E-state index in [2.05, 4.69) is 4.72 Å². The van der Waals surface area contributed by atoms with Gasteiger partial charge in [-0.3, -0.25) is 25.0 Å². The van der Waals surface area contributed by atoms with Crippen LogP contribution in [0.2, 0.25) is 0 Å². The third-order valence-corrected chi connectivity index (χ3v) is 4.07. The Morgan fingerprint density at radius 2 is 1.55 bits per heavy atom. The van der Waals surface area contributed by atoms with Crippen molar-refractivity contribution in [2.75, 3.05) is 4.72 Å². The second-order valence-electron chi connectivity index (χ2n) is 4.13. The molecule has 1 N–H and O–H groups in total. The molecular weight excluding hydrogens is 314 g/mol. The fourth-order valence-electron chi connectivity index (χ4n) is 1.67. The molecule has 0 bridgehead atoms. The smallest absolute Gasteiger partial charge is 0.273 e. The Kier molecular flexibility index (Phi) is 4.04. The third-order valence-electron chi connectivity index (χ3n) is 2.69. The summed E-state index contributed by atoms with van der Waals surface area (Å²) in [6.45, 7) is 0. The summed E-state index contributed by atoms with van der Waals surface area (Å²) in [7, 11) is -4.03. The molecule has 0 aliphatic rings. The van der Waals surface area contributed by atoms with Crippen molar-refractivity contribution in [1.82, 2.24) is 0 Å². The highest BCUT2D eigenvalue weighted by molar-refractivity contribution is 7.92. The van der Waals surface area contributed by atoms with Crippen LogP contribution in [0.15, 0.2) is 53.4 Å². The SMILES string of the molecule is O=[N+]([O-])c1ccc(NS(=O)(=O)c2ccccc2)c([N+](=O)[O-])c1. The van der Waals surface area contributed by atoms with Crippen LogP contribution in [-0.2, 0) is 10.0 Å². The maximum Gasteiger partial charge on any atom is 0.300 e. The zero-order chi connectivity index (χ0) is 16.3. The van der Waals surface area contributed by atoms with E-state index in [1.807, 2.05) is 0 Å². The van der Waals surface area contributed by atoms with Crippen molar-refractivity contribution in [2.45, 2.75) is 4.90 Å². The standard InChI is InChI=1S/C12H9N3O6S/c16-14(17)9-6-7-11(12(8-9)15(18)19)13-22(20,21)10-4-2-1-3-5-10/h1-8,13H. The molecule has 2 aromatic rings.